The first-order chi connectivity index (χ1) is 14.2. The van der Waals surface area contributed by atoms with Crippen LogP contribution in [0.15, 0.2) is 41.6 Å². The van der Waals surface area contributed by atoms with Gasteiger partial charge in [0.15, 0.2) is 0 Å². The Labute approximate surface area is 177 Å². The van der Waals surface area contributed by atoms with Crippen LogP contribution in [0, 0.1) is 6.92 Å². The number of carbonyl (C=O) groups is 1. The lowest BCUT2D eigenvalue weighted by atomic mass is 10.1. The summed E-state index contributed by atoms with van der Waals surface area (Å²) in [5, 5.41) is 2.90. The minimum atomic E-state index is -3.57. The molecule has 1 N–H and O–H groups in total. The Hall–Kier alpha value is -2.56. The van der Waals surface area contributed by atoms with Gasteiger partial charge in [-0.15, -0.1) is 0 Å². The molecule has 162 valence electrons. The largest absolute Gasteiger partial charge is 0.338 e. The minimum absolute atomic E-state index is 0.150. The molecular weight excluding hydrogens is 404 g/mol. The molecule has 1 aromatic carbocycles. The van der Waals surface area contributed by atoms with Crippen molar-refractivity contribution in [3.05, 3.63) is 42.2 Å². The van der Waals surface area contributed by atoms with E-state index in [1.807, 2.05) is 13.8 Å². The standard InChI is InChI=1S/C20H28N6O3S/c1-15-6-7-17(30(28,29)24(3)4)14-18(15)23-19(27)16(2)25-10-12-26(13-11-25)20-21-8-5-9-22-20/h5-9,14,16H,10-13H2,1-4H3,(H,23,27)/t16-/m0/s1. The smallest absolute Gasteiger partial charge is 0.242 e. The number of piperazine rings is 1. The van der Waals surface area contributed by atoms with Crippen LogP contribution in [0.5, 0.6) is 0 Å². The van der Waals surface area contributed by atoms with Gasteiger partial charge >= 0.3 is 0 Å². The van der Waals surface area contributed by atoms with Crippen molar-refractivity contribution in [1.29, 1.82) is 0 Å². The molecule has 1 atom stereocenters. The Morgan fingerprint density at radius 1 is 1.13 bits per heavy atom. The van der Waals surface area contributed by atoms with E-state index < -0.39 is 10.0 Å². The van der Waals surface area contributed by atoms with Crippen molar-refractivity contribution < 1.29 is 13.2 Å². The molecule has 1 aromatic heterocycles. The van der Waals surface area contributed by atoms with Gasteiger partial charge in [0.1, 0.15) is 0 Å². The topological polar surface area (TPSA) is 98.7 Å². The number of rotatable bonds is 6. The highest BCUT2D eigenvalue weighted by molar-refractivity contribution is 7.89. The third-order valence-electron chi connectivity index (χ3n) is 5.32. The Morgan fingerprint density at radius 2 is 1.77 bits per heavy atom. The lowest BCUT2D eigenvalue weighted by molar-refractivity contribution is -0.120. The van der Waals surface area contributed by atoms with Gasteiger partial charge in [0.2, 0.25) is 21.9 Å². The Bertz CT molecular complexity index is 989. The number of sulfonamides is 1. The first kappa shape index (κ1) is 22.1. The minimum Gasteiger partial charge on any atom is -0.338 e. The van der Waals surface area contributed by atoms with Gasteiger partial charge in [-0.3, -0.25) is 9.69 Å². The normalized spacial score (nSPS) is 16.5. The molecule has 10 heteroatoms. The van der Waals surface area contributed by atoms with Crippen LogP contribution < -0.4 is 10.2 Å². The quantitative estimate of drug-likeness (QED) is 0.732. The van der Waals surface area contributed by atoms with Crippen LogP contribution in [-0.2, 0) is 14.8 Å². The van der Waals surface area contributed by atoms with E-state index in [9.17, 15) is 13.2 Å². The van der Waals surface area contributed by atoms with Gasteiger partial charge < -0.3 is 10.2 Å². The molecule has 30 heavy (non-hydrogen) atoms. The molecule has 2 heterocycles. The molecule has 0 radical (unpaired) electrons. The molecule has 1 aliphatic rings. The van der Waals surface area contributed by atoms with E-state index in [0.29, 0.717) is 24.7 Å². The molecule has 0 spiro atoms. The van der Waals surface area contributed by atoms with Crippen LogP contribution >= 0.6 is 0 Å². The summed E-state index contributed by atoms with van der Waals surface area (Å²) in [7, 11) is -0.607. The molecule has 0 saturated carbocycles. The molecule has 0 bridgehead atoms. The van der Waals surface area contributed by atoms with Crippen LogP contribution in [-0.4, -0.2) is 79.8 Å². The highest BCUT2D eigenvalue weighted by Crippen LogP contribution is 2.22. The fourth-order valence-corrected chi connectivity index (χ4v) is 4.20. The van der Waals surface area contributed by atoms with E-state index in [0.717, 1.165) is 23.0 Å². The highest BCUT2D eigenvalue weighted by Gasteiger charge is 2.27. The average molecular weight is 433 g/mol. The summed E-state index contributed by atoms with van der Waals surface area (Å²) in [5.41, 5.74) is 1.31. The predicted octanol–water partition coefficient (Wildman–Crippen LogP) is 1.18. The van der Waals surface area contributed by atoms with Crippen LogP contribution in [0.1, 0.15) is 12.5 Å². The maximum absolute atomic E-state index is 12.9. The van der Waals surface area contributed by atoms with E-state index in [-0.39, 0.29) is 16.8 Å². The van der Waals surface area contributed by atoms with E-state index in [2.05, 4.69) is 25.1 Å². The molecular formula is C20H28N6O3S. The van der Waals surface area contributed by atoms with E-state index >= 15 is 0 Å². The molecule has 1 amide bonds. The number of aromatic nitrogens is 2. The zero-order valence-electron chi connectivity index (χ0n) is 17.7. The van der Waals surface area contributed by atoms with Gasteiger partial charge in [0.05, 0.1) is 10.9 Å². The van der Waals surface area contributed by atoms with Gasteiger partial charge in [-0.25, -0.2) is 22.7 Å². The molecule has 0 aliphatic carbocycles. The van der Waals surface area contributed by atoms with Crippen LogP contribution in [0.25, 0.3) is 0 Å². The average Bonchev–Trinajstić information content (AvgIpc) is 2.75. The van der Waals surface area contributed by atoms with Crippen LogP contribution in [0.3, 0.4) is 0 Å². The molecule has 3 rings (SSSR count). The van der Waals surface area contributed by atoms with Crippen molar-refractivity contribution in [3.8, 4) is 0 Å². The predicted molar refractivity (Wildman–Crippen MR) is 116 cm³/mol. The summed E-state index contributed by atoms with van der Waals surface area (Å²) in [4.78, 5) is 25.8. The monoisotopic (exact) mass is 432 g/mol. The molecule has 2 aromatic rings. The Kier molecular flexibility index (Phi) is 6.69. The summed E-state index contributed by atoms with van der Waals surface area (Å²) in [6, 6.07) is 6.20. The number of benzene rings is 1. The van der Waals surface area contributed by atoms with Crippen LogP contribution in [0.2, 0.25) is 0 Å². The van der Waals surface area contributed by atoms with Crippen molar-refractivity contribution in [1.82, 2.24) is 19.2 Å². The zero-order chi connectivity index (χ0) is 21.9. The second kappa shape index (κ2) is 9.07. The van der Waals surface area contributed by atoms with Crippen molar-refractivity contribution in [2.45, 2.75) is 24.8 Å². The van der Waals surface area contributed by atoms with E-state index in [4.69, 9.17) is 0 Å². The van der Waals surface area contributed by atoms with Gasteiger partial charge in [-0.2, -0.15) is 0 Å². The lowest BCUT2D eigenvalue weighted by Gasteiger charge is -2.37. The first-order valence-corrected chi connectivity index (χ1v) is 11.2. The van der Waals surface area contributed by atoms with Gasteiger partial charge in [0.25, 0.3) is 0 Å². The molecule has 0 unspecified atom stereocenters. The van der Waals surface area contributed by atoms with Gasteiger partial charge in [0, 0.05) is 58.4 Å². The summed E-state index contributed by atoms with van der Waals surface area (Å²) >= 11 is 0. The van der Waals surface area contributed by atoms with Crippen molar-refractivity contribution in [3.63, 3.8) is 0 Å². The third kappa shape index (κ3) is 4.77. The number of hydrogen-bond acceptors (Lipinski definition) is 7. The van der Waals surface area contributed by atoms with E-state index in [1.165, 1.54) is 20.2 Å². The zero-order valence-corrected chi connectivity index (χ0v) is 18.6. The number of carbonyl (C=O) groups excluding carboxylic acids is 1. The highest BCUT2D eigenvalue weighted by atomic mass is 32.2. The number of hydrogen-bond donors (Lipinski definition) is 1. The number of nitrogens with zero attached hydrogens (tertiary/aromatic N) is 5. The summed E-state index contributed by atoms with van der Waals surface area (Å²) in [5.74, 6) is 0.533. The molecule has 9 nitrogen and oxygen atoms in total. The molecule has 1 saturated heterocycles. The number of aryl methyl sites for hydroxylation is 1. The van der Waals surface area contributed by atoms with E-state index in [1.54, 1.807) is 30.6 Å². The van der Waals surface area contributed by atoms with Crippen molar-refractivity contribution in [2.75, 3.05) is 50.5 Å². The lowest BCUT2D eigenvalue weighted by Crippen LogP contribution is -2.53. The Morgan fingerprint density at radius 3 is 2.37 bits per heavy atom. The fraction of sp³-hybridized carbons (Fsp3) is 0.450. The Balaban J connectivity index is 1.65. The third-order valence-corrected chi connectivity index (χ3v) is 7.13. The molecule has 1 fully saturated rings. The molecule has 1 aliphatic heterocycles. The maximum atomic E-state index is 12.9. The van der Waals surface area contributed by atoms with Gasteiger partial charge in [-0.05, 0) is 37.6 Å². The second-order valence-corrected chi connectivity index (χ2v) is 9.65. The second-order valence-electron chi connectivity index (χ2n) is 7.50. The van der Waals surface area contributed by atoms with Crippen molar-refractivity contribution >= 4 is 27.6 Å². The number of anilines is 2. The first-order valence-electron chi connectivity index (χ1n) is 9.80. The maximum Gasteiger partial charge on any atom is 0.242 e. The van der Waals surface area contributed by atoms with Crippen LogP contribution in [0.4, 0.5) is 11.6 Å². The van der Waals surface area contributed by atoms with Crippen molar-refractivity contribution in [2.24, 2.45) is 0 Å². The summed E-state index contributed by atoms with van der Waals surface area (Å²) in [6.07, 6.45) is 3.44. The number of nitrogens with one attached hydrogen (secondary N) is 1. The van der Waals surface area contributed by atoms with Gasteiger partial charge in [-0.1, -0.05) is 6.07 Å². The fourth-order valence-electron chi connectivity index (χ4n) is 3.27. The summed E-state index contributed by atoms with van der Waals surface area (Å²) in [6.45, 7) is 6.58. The SMILES string of the molecule is Cc1ccc(S(=O)(=O)N(C)C)cc1NC(=O)[C@H](C)N1CCN(c2ncccn2)CC1. The number of amides is 1. The summed E-state index contributed by atoms with van der Waals surface area (Å²) < 4.78 is 26.0.